The molecular formula is C9H19NO3. The van der Waals surface area contributed by atoms with Gasteiger partial charge in [0.2, 0.25) is 0 Å². The van der Waals surface area contributed by atoms with E-state index >= 15 is 0 Å². The molecule has 78 valence electrons. The molecule has 0 bridgehead atoms. The number of nitrogens with two attached hydrogens (primary N) is 1. The molecule has 13 heavy (non-hydrogen) atoms. The van der Waals surface area contributed by atoms with Crippen molar-refractivity contribution in [2.75, 3.05) is 0 Å². The van der Waals surface area contributed by atoms with Gasteiger partial charge in [0.15, 0.2) is 0 Å². The normalized spacial score (nSPS) is 16.5. The lowest BCUT2D eigenvalue weighted by Gasteiger charge is -2.24. The topological polar surface area (TPSA) is 72.5 Å². The van der Waals surface area contributed by atoms with Crippen molar-refractivity contribution < 1.29 is 14.6 Å². The maximum absolute atomic E-state index is 11.4. The van der Waals surface area contributed by atoms with Gasteiger partial charge in [0, 0.05) is 0 Å². The molecule has 0 rings (SSSR count). The van der Waals surface area contributed by atoms with Crippen molar-refractivity contribution in [1.29, 1.82) is 0 Å². The Balaban J connectivity index is 4.23. The minimum absolute atomic E-state index is 0.440. The van der Waals surface area contributed by atoms with E-state index in [1.165, 1.54) is 0 Å². The van der Waals surface area contributed by atoms with Gasteiger partial charge in [-0.1, -0.05) is 6.92 Å². The van der Waals surface area contributed by atoms with E-state index in [9.17, 15) is 4.79 Å². The molecule has 4 nitrogen and oxygen atoms in total. The average Bonchev–Trinajstić information content (AvgIpc) is 1.82. The number of aliphatic hydroxyl groups is 1. The molecule has 0 radical (unpaired) electrons. The highest BCUT2D eigenvalue weighted by atomic mass is 16.6. The first-order valence-electron chi connectivity index (χ1n) is 4.44. The number of carbonyl (C=O) groups is 1. The molecule has 0 saturated heterocycles. The van der Waals surface area contributed by atoms with Gasteiger partial charge in [-0.15, -0.1) is 0 Å². The van der Waals surface area contributed by atoms with Crippen molar-refractivity contribution in [2.24, 2.45) is 11.7 Å². The van der Waals surface area contributed by atoms with Crippen molar-refractivity contribution in [3.63, 3.8) is 0 Å². The Labute approximate surface area is 79.1 Å². The van der Waals surface area contributed by atoms with E-state index < -0.39 is 23.7 Å². The third-order valence-electron chi connectivity index (χ3n) is 1.56. The summed E-state index contributed by atoms with van der Waals surface area (Å²) >= 11 is 0. The molecular weight excluding hydrogens is 170 g/mol. The van der Waals surface area contributed by atoms with Crippen LogP contribution in [0.4, 0.5) is 0 Å². The molecule has 4 heteroatoms. The number of hydrogen-bond acceptors (Lipinski definition) is 4. The predicted molar refractivity (Wildman–Crippen MR) is 49.8 cm³/mol. The maximum Gasteiger partial charge on any atom is 0.313 e. The molecule has 0 spiro atoms. The van der Waals surface area contributed by atoms with Crippen molar-refractivity contribution in [1.82, 2.24) is 0 Å². The van der Waals surface area contributed by atoms with Crippen LogP contribution in [0.2, 0.25) is 0 Å². The van der Waals surface area contributed by atoms with Crippen molar-refractivity contribution >= 4 is 5.97 Å². The standard InChI is InChI=1S/C9H19NO3/c1-5-6(7(10)11)8(12)13-9(2,3)4/h6-7,11H,5,10H2,1-4H3. The summed E-state index contributed by atoms with van der Waals surface area (Å²) in [5, 5.41) is 9.06. The number of ether oxygens (including phenoxy) is 1. The molecule has 0 aromatic carbocycles. The van der Waals surface area contributed by atoms with Crippen LogP contribution in [0.3, 0.4) is 0 Å². The maximum atomic E-state index is 11.4. The lowest BCUT2D eigenvalue weighted by molar-refractivity contribution is -0.164. The van der Waals surface area contributed by atoms with Crippen molar-refractivity contribution in [3.05, 3.63) is 0 Å². The first-order chi connectivity index (χ1) is 5.78. The zero-order valence-electron chi connectivity index (χ0n) is 8.70. The molecule has 0 aromatic rings. The minimum Gasteiger partial charge on any atom is -0.460 e. The molecule has 0 heterocycles. The lowest BCUT2D eigenvalue weighted by atomic mass is 10.1. The first kappa shape index (κ1) is 12.4. The van der Waals surface area contributed by atoms with Gasteiger partial charge in [0.05, 0.1) is 5.92 Å². The minimum atomic E-state index is -1.14. The van der Waals surface area contributed by atoms with Crippen LogP contribution >= 0.6 is 0 Å². The van der Waals surface area contributed by atoms with Gasteiger partial charge in [-0.3, -0.25) is 4.79 Å². The Kier molecular flexibility index (Phi) is 4.36. The largest absolute Gasteiger partial charge is 0.460 e. The highest BCUT2D eigenvalue weighted by molar-refractivity contribution is 5.73. The summed E-state index contributed by atoms with van der Waals surface area (Å²) < 4.78 is 5.07. The van der Waals surface area contributed by atoms with Crippen molar-refractivity contribution in [2.45, 2.75) is 45.9 Å². The Bertz CT molecular complexity index is 172. The van der Waals surface area contributed by atoms with Gasteiger partial charge in [0.1, 0.15) is 11.8 Å². The Morgan fingerprint density at radius 1 is 1.54 bits per heavy atom. The SMILES string of the molecule is CCC(C(=O)OC(C)(C)C)C(N)O. The fourth-order valence-corrected chi connectivity index (χ4v) is 0.925. The lowest BCUT2D eigenvalue weighted by Crippen LogP contribution is -2.38. The number of esters is 1. The zero-order valence-corrected chi connectivity index (χ0v) is 8.70. The van der Waals surface area contributed by atoms with Gasteiger partial charge >= 0.3 is 5.97 Å². The third-order valence-corrected chi connectivity index (χ3v) is 1.56. The molecule has 0 aliphatic carbocycles. The van der Waals surface area contributed by atoms with Crippen LogP contribution < -0.4 is 5.73 Å². The Morgan fingerprint density at radius 2 is 2.00 bits per heavy atom. The van der Waals surface area contributed by atoms with E-state index in [1.807, 2.05) is 0 Å². The molecule has 0 saturated carbocycles. The van der Waals surface area contributed by atoms with Crippen LogP contribution in [-0.4, -0.2) is 22.9 Å². The summed E-state index contributed by atoms with van der Waals surface area (Å²) in [6.45, 7) is 7.12. The average molecular weight is 189 g/mol. The second kappa shape index (κ2) is 4.58. The molecule has 2 unspecified atom stereocenters. The van der Waals surface area contributed by atoms with Crippen LogP contribution in [0.25, 0.3) is 0 Å². The molecule has 0 aliphatic rings. The van der Waals surface area contributed by atoms with E-state index in [1.54, 1.807) is 27.7 Å². The van der Waals surface area contributed by atoms with Crippen LogP contribution in [0.15, 0.2) is 0 Å². The van der Waals surface area contributed by atoms with E-state index in [0.29, 0.717) is 6.42 Å². The van der Waals surface area contributed by atoms with Crippen LogP contribution in [-0.2, 0) is 9.53 Å². The van der Waals surface area contributed by atoms with Crippen LogP contribution in [0.1, 0.15) is 34.1 Å². The van der Waals surface area contributed by atoms with Gasteiger partial charge in [-0.25, -0.2) is 0 Å². The third kappa shape index (κ3) is 4.85. The number of aliphatic hydroxyl groups excluding tert-OH is 1. The summed E-state index contributed by atoms with van der Waals surface area (Å²) in [6, 6.07) is 0. The van der Waals surface area contributed by atoms with Gasteiger partial charge < -0.3 is 15.6 Å². The summed E-state index contributed by atoms with van der Waals surface area (Å²) in [5.74, 6) is -1.07. The van der Waals surface area contributed by atoms with Gasteiger partial charge in [-0.05, 0) is 27.2 Å². The summed E-state index contributed by atoms with van der Waals surface area (Å²) in [6.07, 6.45) is -0.660. The van der Waals surface area contributed by atoms with E-state index in [-0.39, 0.29) is 0 Å². The van der Waals surface area contributed by atoms with Crippen LogP contribution in [0.5, 0.6) is 0 Å². The highest BCUT2D eigenvalue weighted by Gasteiger charge is 2.27. The summed E-state index contributed by atoms with van der Waals surface area (Å²) in [4.78, 5) is 11.4. The molecule has 2 atom stereocenters. The second-order valence-corrected chi connectivity index (χ2v) is 4.04. The fourth-order valence-electron chi connectivity index (χ4n) is 0.925. The molecule has 0 aliphatic heterocycles. The zero-order chi connectivity index (χ0) is 10.6. The molecule has 0 amide bonds. The number of hydrogen-bond donors (Lipinski definition) is 2. The molecule has 0 aromatic heterocycles. The van der Waals surface area contributed by atoms with Crippen LogP contribution in [0, 0.1) is 5.92 Å². The highest BCUT2D eigenvalue weighted by Crippen LogP contribution is 2.14. The van der Waals surface area contributed by atoms with Gasteiger partial charge in [0.25, 0.3) is 0 Å². The Morgan fingerprint density at radius 3 is 2.23 bits per heavy atom. The number of rotatable bonds is 3. The Hall–Kier alpha value is -0.610. The summed E-state index contributed by atoms with van der Waals surface area (Å²) in [7, 11) is 0. The second-order valence-electron chi connectivity index (χ2n) is 4.04. The fraction of sp³-hybridized carbons (Fsp3) is 0.889. The van der Waals surface area contributed by atoms with Crippen molar-refractivity contribution in [3.8, 4) is 0 Å². The summed E-state index contributed by atoms with van der Waals surface area (Å²) in [5.41, 5.74) is 4.69. The molecule has 3 N–H and O–H groups in total. The van der Waals surface area contributed by atoms with Gasteiger partial charge in [-0.2, -0.15) is 0 Å². The van der Waals surface area contributed by atoms with E-state index in [2.05, 4.69) is 0 Å². The van der Waals surface area contributed by atoms with E-state index in [4.69, 9.17) is 15.6 Å². The predicted octanol–water partition coefficient (Wildman–Crippen LogP) is 0.631. The monoisotopic (exact) mass is 189 g/mol. The van der Waals surface area contributed by atoms with E-state index in [0.717, 1.165) is 0 Å². The number of carbonyl (C=O) groups excluding carboxylic acids is 1. The smallest absolute Gasteiger partial charge is 0.313 e. The molecule has 0 fully saturated rings. The first-order valence-corrected chi connectivity index (χ1v) is 4.44. The quantitative estimate of drug-likeness (QED) is 0.504.